The second-order valence-electron chi connectivity index (χ2n) is 8.99. The highest BCUT2D eigenvalue weighted by Gasteiger charge is 2.32. The molecular formula is C23H32N2O4. The van der Waals surface area contributed by atoms with Crippen molar-refractivity contribution in [1.82, 2.24) is 9.97 Å². The number of nitrogens with one attached hydrogen (secondary N) is 2. The van der Waals surface area contributed by atoms with Crippen LogP contribution in [0.5, 0.6) is 0 Å². The normalized spacial score (nSPS) is 17.0. The van der Waals surface area contributed by atoms with Gasteiger partial charge in [-0.15, -0.1) is 0 Å². The Morgan fingerprint density at radius 3 is 2.31 bits per heavy atom. The van der Waals surface area contributed by atoms with Gasteiger partial charge in [-0.05, 0) is 82.6 Å². The van der Waals surface area contributed by atoms with E-state index in [0.29, 0.717) is 5.69 Å². The lowest BCUT2D eigenvalue weighted by molar-refractivity contribution is 0.00623. The number of carboxylic acid groups (broad SMARTS) is 1. The molecule has 6 heteroatoms. The average Bonchev–Trinajstić information content (AvgIpc) is 3.02. The van der Waals surface area contributed by atoms with E-state index in [2.05, 4.69) is 16.9 Å². The number of hydrogen-bond acceptors (Lipinski definition) is 3. The maximum atomic E-state index is 12.8. The van der Waals surface area contributed by atoms with Crippen LogP contribution in [-0.2, 0) is 17.6 Å². The molecule has 1 aliphatic carbocycles. The predicted octanol–water partition coefficient (Wildman–Crippen LogP) is 5.03. The van der Waals surface area contributed by atoms with Gasteiger partial charge in [0.25, 0.3) is 0 Å². The Morgan fingerprint density at radius 2 is 1.72 bits per heavy atom. The van der Waals surface area contributed by atoms with Crippen molar-refractivity contribution in [2.45, 2.75) is 85.2 Å². The highest BCUT2D eigenvalue weighted by molar-refractivity contribution is 5.90. The number of rotatable bonds is 4. The van der Waals surface area contributed by atoms with Crippen LogP contribution >= 0.6 is 0 Å². The maximum Gasteiger partial charge on any atom is 0.355 e. The summed E-state index contributed by atoms with van der Waals surface area (Å²) in [5.41, 5.74) is 6.17. The summed E-state index contributed by atoms with van der Waals surface area (Å²) in [5, 5.41) is 9.57. The summed E-state index contributed by atoms with van der Waals surface area (Å²) < 4.78 is 5.60. The molecule has 2 aromatic heterocycles. The van der Waals surface area contributed by atoms with Crippen molar-refractivity contribution in [3.05, 3.63) is 45.0 Å². The number of fused-ring (bicyclic) bond motifs is 1. The van der Waals surface area contributed by atoms with Crippen LogP contribution in [-0.4, -0.2) is 32.6 Å². The third kappa shape index (κ3) is 3.98. The van der Waals surface area contributed by atoms with Gasteiger partial charge in [-0.2, -0.15) is 0 Å². The smallest absolute Gasteiger partial charge is 0.355 e. The molecule has 0 saturated carbocycles. The predicted molar refractivity (Wildman–Crippen MR) is 112 cm³/mol. The minimum Gasteiger partial charge on any atom is -0.477 e. The monoisotopic (exact) mass is 400 g/mol. The fraction of sp³-hybridized carbons (Fsp3) is 0.565. The van der Waals surface area contributed by atoms with Gasteiger partial charge in [-0.3, -0.25) is 0 Å². The van der Waals surface area contributed by atoms with Gasteiger partial charge in [0.15, 0.2) is 0 Å². The van der Waals surface area contributed by atoms with Gasteiger partial charge in [0.05, 0.1) is 0 Å². The van der Waals surface area contributed by atoms with Crippen molar-refractivity contribution in [3.63, 3.8) is 0 Å². The van der Waals surface area contributed by atoms with Crippen LogP contribution in [0.15, 0.2) is 0 Å². The molecule has 0 bridgehead atoms. The molecule has 0 saturated heterocycles. The van der Waals surface area contributed by atoms with Gasteiger partial charge in [0.1, 0.15) is 17.0 Å². The number of carboxylic acids is 1. The van der Waals surface area contributed by atoms with E-state index >= 15 is 0 Å². The van der Waals surface area contributed by atoms with Gasteiger partial charge in [-0.1, -0.05) is 13.3 Å². The zero-order chi connectivity index (χ0) is 21.5. The number of carbonyl (C=O) groups is 2. The molecule has 2 aromatic rings. The van der Waals surface area contributed by atoms with Crippen LogP contribution in [0, 0.1) is 13.8 Å². The van der Waals surface area contributed by atoms with E-state index in [1.807, 2.05) is 34.6 Å². The fourth-order valence-corrected chi connectivity index (χ4v) is 4.52. The lowest BCUT2D eigenvalue weighted by Crippen LogP contribution is -2.24. The Labute approximate surface area is 172 Å². The minimum atomic E-state index is -0.929. The fourth-order valence-electron chi connectivity index (χ4n) is 4.52. The third-order valence-electron chi connectivity index (χ3n) is 5.86. The average molecular weight is 401 g/mol. The highest BCUT2D eigenvalue weighted by atomic mass is 16.6. The lowest BCUT2D eigenvalue weighted by Gasteiger charge is -2.19. The zero-order valence-corrected chi connectivity index (χ0v) is 18.3. The second-order valence-corrected chi connectivity index (χ2v) is 8.99. The molecule has 0 fully saturated rings. The Bertz CT molecular complexity index is 943. The summed E-state index contributed by atoms with van der Waals surface area (Å²) >= 11 is 0. The van der Waals surface area contributed by atoms with Gasteiger partial charge in [0, 0.05) is 17.3 Å². The van der Waals surface area contributed by atoms with Crippen molar-refractivity contribution < 1.29 is 19.4 Å². The molecule has 29 heavy (non-hydrogen) atoms. The molecule has 3 N–H and O–H groups in total. The third-order valence-corrected chi connectivity index (χ3v) is 5.86. The Balaban J connectivity index is 2.12. The van der Waals surface area contributed by atoms with E-state index in [-0.39, 0.29) is 17.6 Å². The van der Waals surface area contributed by atoms with Crippen molar-refractivity contribution >= 4 is 11.9 Å². The molecule has 2 heterocycles. The topological polar surface area (TPSA) is 95.2 Å². The summed E-state index contributed by atoms with van der Waals surface area (Å²) in [4.78, 5) is 31.0. The van der Waals surface area contributed by atoms with Crippen LogP contribution in [0.3, 0.4) is 0 Å². The van der Waals surface area contributed by atoms with E-state index in [1.54, 1.807) is 0 Å². The quantitative estimate of drug-likeness (QED) is 0.495. The summed E-state index contributed by atoms with van der Waals surface area (Å²) in [7, 11) is 0. The van der Waals surface area contributed by atoms with Crippen LogP contribution < -0.4 is 0 Å². The lowest BCUT2D eigenvalue weighted by atomic mass is 9.91. The molecule has 158 valence electrons. The molecule has 0 spiro atoms. The van der Waals surface area contributed by atoms with E-state index in [0.717, 1.165) is 65.7 Å². The summed E-state index contributed by atoms with van der Waals surface area (Å²) in [6, 6.07) is 0. The maximum absolute atomic E-state index is 12.8. The molecule has 0 aromatic carbocycles. The van der Waals surface area contributed by atoms with Crippen LogP contribution in [0.2, 0.25) is 0 Å². The Morgan fingerprint density at radius 1 is 1.07 bits per heavy atom. The number of carbonyl (C=O) groups excluding carboxylic acids is 1. The molecule has 1 aliphatic rings. The van der Waals surface area contributed by atoms with Crippen molar-refractivity contribution in [2.75, 3.05) is 0 Å². The number of H-pyrrole nitrogens is 2. The number of aromatic carboxylic acids is 1. The van der Waals surface area contributed by atoms with Gasteiger partial charge in [-0.25, -0.2) is 9.59 Å². The van der Waals surface area contributed by atoms with Gasteiger partial charge in [0.2, 0.25) is 0 Å². The number of hydrogen-bond donors (Lipinski definition) is 3. The van der Waals surface area contributed by atoms with E-state index in [9.17, 15) is 14.7 Å². The number of aromatic nitrogens is 2. The first-order valence-corrected chi connectivity index (χ1v) is 10.4. The Hall–Kier alpha value is -2.50. The Kier molecular flexibility index (Phi) is 5.65. The number of ether oxygens (including phenoxy) is 1. The largest absolute Gasteiger partial charge is 0.477 e. The molecule has 0 radical (unpaired) electrons. The first-order chi connectivity index (χ1) is 13.5. The minimum absolute atomic E-state index is 0.0177. The zero-order valence-electron chi connectivity index (χ0n) is 18.3. The summed E-state index contributed by atoms with van der Waals surface area (Å²) in [5.74, 6) is -1.26. The summed E-state index contributed by atoms with van der Waals surface area (Å²) in [6.07, 6.45) is 4.66. The van der Waals surface area contributed by atoms with Gasteiger partial charge < -0.3 is 19.8 Å². The molecule has 0 amide bonds. The van der Waals surface area contributed by atoms with E-state index in [1.165, 1.54) is 0 Å². The second kappa shape index (κ2) is 7.73. The molecule has 3 rings (SSSR count). The molecular weight excluding hydrogens is 368 g/mol. The SMILES string of the molecule is CCc1c(C2CCCCc3c2[nH]c(C(=O)O)c3C)[nH]c(C(=O)OC(C)(C)C)c1C. The van der Waals surface area contributed by atoms with E-state index < -0.39 is 11.6 Å². The van der Waals surface area contributed by atoms with Crippen LogP contribution in [0.25, 0.3) is 0 Å². The molecule has 6 nitrogen and oxygen atoms in total. The molecule has 1 atom stereocenters. The first kappa shape index (κ1) is 21.2. The van der Waals surface area contributed by atoms with Crippen molar-refractivity contribution in [2.24, 2.45) is 0 Å². The van der Waals surface area contributed by atoms with E-state index in [4.69, 9.17) is 4.74 Å². The van der Waals surface area contributed by atoms with Crippen molar-refractivity contribution in [1.29, 1.82) is 0 Å². The molecule has 1 unspecified atom stereocenters. The highest BCUT2D eigenvalue weighted by Crippen LogP contribution is 2.40. The number of aromatic amines is 2. The summed E-state index contributed by atoms with van der Waals surface area (Å²) in [6.45, 7) is 11.5. The van der Waals surface area contributed by atoms with Crippen LogP contribution in [0.4, 0.5) is 0 Å². The number of esters is 1. The van der Waals surface area contributed by atoms with Crippen molar-refractivity contribution in [3.8, 4) is 0 Å². The molecule has 0 aliphatic heterocycles. The standard InChI is InChI=1S/C23H32N2O4/c1-7-14-12(2)18(22(28)29-23(4,5)6)25-19(14)16-11-9-8-10-15-13(3)17(21(26)27)24-20(15)16/h16,24-25H,7-11H2,1-6H3,(H,26,27). The van der Waals surface area contributed by atoms with Crippen LogP contribution in [0.1, 0.15) is 107 Å². The first-order valence-electron chi connectivity index (χ1n) is 10.4. The van der Waals surface area contributed by atoms with Gasteiger partial charge >= 0.3 is 11.9 Å².